The predicted molar refractivity (Wildman–Crippen MR) is 149 cm³/mol. The van der Waals surface area contributed by atoms with Crippen molar-refractivity contribution >= 4 is 23.2 Å². The second kappa shape index (κ2) is 10.3. The maximum absolute atomic E-state index is 13.1. The van der Waals surface area contributed by atoms with Crippen LogP contribution in [0.3, 0.4) is 0 Å². The topological polar surface area (TPSA) is 122 Å². The average Bonchev–Trinajstić information content (AvgIpc) is 3.59. The summed E-state index contributed by atoms with van der Waals surface area (Å²) in [4.78, 5) is 35.4. The number of nitrogens with zero attached hydrogens (tertiary/aromatic N) is 5. The van der Waals surface area contributed by atoms with Gasteiger partial charge in [-0.1, -0.05) is 43.3 Å². The largest absolute Gasteiger partial charge is 0.477 e. The quantitative estimate of drug-likeness (QED) is 0.377. The third-order valence-electron chi connectivity index (χ3n) is 8.05. The number of ether oxygens (including phenoxy) is 1. The van der Waals surface area contributed by atoms with Gasteiger partial charge in [0.2, 0.25) is 5.82 Å². The standard InChI is InChI=1S/C30H32N6O4/c1-19-15-22(35-14-13-30(2,18-35)20-7-4-3-5-8-20)16-36-27(19)33-26(34-36)28(37)31-21-11-12-25(40-17-21)23-9-6-10-24(32-23)29(38)39/h3-10,15-16,21,25H,11-14,17-18H2,1-2H3,(H,31,37)(H,38,39)/t21?,25?,30-/m0/s1. The number of pyridine rings is 2. The Bertz CT molecular complexity index is 1560. The maximum Gasteiger partial charge on any atom is 0.354 e. The van der Waals surface area contributed by atoms with E-state index in [0.717, 1.165) is 30.8 Å². The normalized spacial score (nSPS) is 22.9. The Kier molecular flexibility index (Phi) is 6.71. The van der Waals surface area contributed by atoms with Crippen LogP contribution in [0.5, 0.6) is 0 Å². The molecule has 1 aromatic carbocycles. The highest BCUT2D eigenvalue weighted by atomic mass is 16.5. The molecule has 2 saturated heterocycles. The molecule has 40 heavy (non-hydrogen) atoms. The lowest BCUT2D eigenvalue weighted by molar-refractivity contribution is -0.00578. The molecule has 3 aromatic heterocycles. The smallest absolute Gasteiger partial charge is 0.354 e. The first-order valence-electron chi connectivity index (χ1n) is 13.6. The van der Waals surface area contributed by atoms with Gasteiger partial charge in [-0.15, -0.1) is 5.10 Å². The number of aryl methyl sites for hydroxylation is 1. The summed E-state index contributed by atoms with van der Waals surface area (Å²) in [6.07, 6.45) is 3.98. The molecule has 5 heterocycles. The summed E-state index contributed by atoms with van der Waals surface area (Å²) in [7, 11) is 0. The lowest BCUT2D eigenvalue weighted by Crippen LogP contribution is -2.41. The summed E-state index contributed by atoms with van der Waals surface area (Å²) in [6.45, 7) is 6.44. The van der Waals surface area contributed by atoms with E-state index in [1.165, 1.54) is 11.6 Å². The van der Waals surface area contributed by atoms with E-state index in [0.29, 0.717) is 30.8 Å². The van der Waals surface area contributed by atoms with Crippen LogP contribution in [-0.4, -0.2) is 62.3 Å². The lowest BCUT2D eigenvalue weighted by atomic mass is 9.82. The van der Waals surface area contributed by atoms with E-state index in [4.69, 9.17) is 4.74 Å². The first kappa shape index (κ1) is 25.9. The molecule has 2 fully saturated rings. The number of carbonyl (C=O) groups excluding carboxylic acids is 1. The van der Waals surface area contributed by atoms with Crippen molar-refractivity contribution in [3.63, 3.8) is 0 Å². The number of carbonyl (C=O) groups is 2. The van der Waals surface area contributed by atoms with Gasteiger partial charge in [-0.2, -0.15) is 0 Å². The van der Waals surface area contributed by atoms with Crippen molar-refractivity contribution in [3.05, 3.63) is 89.1 Å². The second-order valence-corrected chi connectivity index (χ2v) is 11.0. The van der Waals surface area contributed by atoms with E-state index >= 15 is 0 Å². The van der Waals surface area contributed by atoms with Gasteiger partial charge in [0.25, 0.3) is 5.91 Å². The molecule has 3 atom stereocenters. The fourth-order valence-electron chi connectivity index (χ4n) is 5.76. The Labute approximate surface area is 232 Å². The fraction of sp³-hybridized carbons (Fsp3) is 0.367. The van der Waals surface area contributed by atoms with Crippen molar-refractivity contribution in [3.8, 4) is 0 Å². The Morgan fingerprint density at radius 3 is 2.67 bits per heavy atom. The molecular weight excluding hydrogens is 508 g/mol. The third-order valence-corrected chi connectivity index (χ3v) is 8.05. The van der Waals surface area contributed by atoms with Crippen molar-refractivity contribution in [2.24, 2.45) is 0 Å². The molecule has 2 aliphatic rings. The van der Waals surface area contributed by atoms with Crippen LogP contribution in [0.15, 0.2) is 60.8 Å². The molecule has 0 bridgehead atoms. The zero-order chi connectivity index (χ0) is 27.9. The number of rotatable bonds is 6. The third kappa shape index (κ3) is 5.02. The molecule has 2 N–H and O–H groups in total. The number of hydrogen-bond donors (Lipinski definition) is 2. The highest BCUT2D eigenvalue weighted by molar-refractivity contribution is 5.91. The van der Waals surface area contributed by atoms with Crippen LogP contribution in [0.2, 0.25) is 0 Å². The Balaban J connectivity index is 1.11. The summed E-state index contributed by atoms with van der Waals surface area (Å²) >= 11 is 0. The van der Waals surface area contributed by atoms with Gasteiger partial charge >= 0.3 is 5.97 Å². The van der Waals surface area contributed by atoms with Gasteiger partial charge in [0.05, 0.1) is 36.3 Å². The zero-order valence-corrected chi connectivity index (χ0v) is 22.6. The minimum Gasteiger partial charge on any atom is -0.477 e. The minimum atomic E-state index is -1.07. The average molecular weight is 541 g/mol. The summed E-state index contributed by atoms with van der Waals surface area (Å²) in [6, 6.07) is 17.4. The monoisotopic (exact) mass is 540 g/mol. The molecule has 0 aliphatic carbocycles. The van der Waals surface area contributed by atoms with Crippen molar-refractivity contribution in [1.29, 1.82) is 0 Å². The number of amides is 1. The van der Waals surface area contributed by atoms with Crippen LogP contribution in [0.1, 0.15) is 70.2 Å². The van der Waals surface area contributed by atoms with Gasteiger partial charge in [-0.05, 0) is 55.5 Å². The van der Waals surface area contributed by atoms with Crippen molar-refractivity contribution in [1.82, 2.24) is 24.9 Å². The number of fused-ring (bicyclic) bond motifs is 1. The SMILES string of the molecule is Cc1cc(N2CC[C@](C)(c3ccccc3)C2)cn2nc(C(=O)NC3CCC(c4cccc(C(=O)O)n4)OC3)nc12. The molecule has 0 saturated carbocycles. The highest BCUT2D eigenvalue weighted by Crippen LogP contribution is 2.36. The number of hydrogen-bond acceptors (Lipinski definition) is 7. The predicted octanol–water partition coefficient (Wildman–Crippen LogP) is 3.95. The summed E-state index contributed by atoms with van der Waals surface area (Å²) in [5.41, 5.74) is 4.67. The molecule has 2 aliphatic heterocycles. The molecule has 4 aromatic rings. The Morgan fingerprint density at radius 2 is 1.93 bits per heavy atom. The van der Waals surface area contributed by atoms with Gasteiger partial charge in [0.1, 0.15) is 5.69 Å². The van der Waals surface area contributed by atoms with Gasteiger partial charge < -0.3 is 20.1 Å². The van der Waals surface area contributed by atoms with Crippen LogP contribution in [0.4, 0.5) is 5.69 Å². The zero-order valence-electron chi connectivity index (χ0n) is 22.6. The molecule has 0 radical (unpaired) electrons. The van der Waals surface area contributed by atoms with Crippen molar-refractivity contribution < 1.29 is 19.4 Å². The Morgan fingerprint density at radius 1 is 1.10 bits per heavy atom. The van der Waals surface area contributed by atoms with E-state index in [2.05, 4.69) is 62.5 Å². The second-order valence-electron chi connectivity index (χ2n) is 11.0. The lowest BCUT2D eigenvalue weighted by Gasteiger charge is -2.29. The van der Waals surface area contributed by atoms with Crippen LogP contribution < -0.4 is 10.2 Å². The van der Waals surface area contributed by atoms with Crippen LogP contribution >= 0.6 is 0 Å². The van der Waals surface area contributed by atoms with Gasteiger partial charge in [-0.25, -0.2) is 19.3 Å². The van der Waals surface area contributed by atoms with E-state index < -0.39 is 5.97 Å². The molecular formula is C30H32N6O4. The van der Waals surface area contributed by atoms with Crippen molar-refractivity contribution in [2.75, 3.05) is 24.6 Å². The van der Waals surface area contributed by atoms with Crippen molar-refractivity contribution in [2.45, 2.75) is 50.7 Å². The molecule has 0 spiro atoms. The Hall–Kier alpha value is -4.31. The molecule has 2 unspecified atom stereocenters. The van der Waals surface area contributed by atoms with E-state index in [1.807, 2.05) is 19.2 Å². The van der Waals surface area contributed by atoms with Gasteiger partial charge in [0, 0.05) is 18.5 Å². The van der Waals surface area contributed by atoms with Gasteiger partial charge in [-0.3, -0.25) is 4.79 Å². The fourth-order valence-corrected chi connectivity index (χ4v) is 5.76. The number of aromatic nitrogens is 4. The molecule has 1 amide bonds. The number of aromatic carboxylic acids is 1. The van der Waals surface area contributed by atoms with E-state index in [1.54, 1.807) is 16.6 Å². The molecule has 10 nitrogen and oxygen atoms in total. The summed E-state index contributed by atoms with van der Waals surface area (Å²) < 4.78 is 7.63. The van der Waals surface area contributed by atoms with E-state index in [9.17, 15) is 14.7 Å². The molecule has 6 rings (SSSR count). The molecule has 206 valence electrons. The van der Waals surface area contributed by atoms with Crippen LogP contribution in [0.25, 0.3) is 5.65 Å². The van der Waals surface area contributed by atoms with Crippen LogP contribution in [-0.2, 0) is 10.2 Å². The molecule has 10 heteroatoms. The minimum absolute atomic E-state index is 0.0113. The number of benzene rings is 1. The highest BCUT2D eigenvalue weighted by Gasteiger charge is 2.35. The first-order chi connectivity index (χ1) is 19.3. The summed E-state index contributed by atoms with van der Waals surface area (Å²) in [5.74, 6) is -1.30. The number of anilines is 1. The number of nitrogens with one attached hydrogen (secondary N) is 1. The number of carboxylic acids is 1. The van der Waals surface area contributed by atoms with Crippen LogP contribution in [0, 0.1) is 6.92 Å². The summed E-state index contributed by atoms with van der Waals surface area (Å²) in [5, 5.41) is 16.7. The first-order valence-corrected chi connectivity index (χ1v) is 13.6. The number of carboxylic acid groups (broad SMARTS) is 1. The van der Waals surface area contributed by atoms with Gasteiger partial charge in [0.15, 0.2) is 5.65 Å². The maximum atomic E-state index is 13.1. The van der Waals surface area contributed by atoms with E-state index in [-0.39, 0.29) is 35.0 Å².